The second-order valence-electron chi connectivity index (χ2n) is 7.60. The normalized spacial score (nSPS) is 11.4. The molecule has 0 aliphatic heterocycles. The molecular weight excluding hydrogens is 308 g/mol. The summed E-state index contributed by atoms with van der Waals surface area (Å²) in [5.41, 5.74) is 5.47. The van der Waals surface area contributed by atoms with Crippen molar-refractivity contribution in [3.63, 3.8) is 0 Å². The van der Waals surface area contributed by atoms with Crippen molar-refractivity contribution in [3.8, 4) is 5.75 Å². The smallest absolute Gasteiger partial charge is 0.150 e. The Hall–Kier alpha value is -2.09. The molecule has 0 atom stereocenters. The maximum atomic E-state index is 11.3. The molecule has 0 unspecified atom stereocenters. The summed E-state index contributed by atoms with van der Waals surface area (Å²) < 4.78 is 6.30. The van der Waals surface area contributed by atoms with Gasteiger partial charge in [0.2, 0.25) is 0 Å². The lowest BCUT2D eigenvalue weighted by molar-refractivity contribution is 0.112. The van der Waals surface area contributed by atoms with Gasteiger partial charge in [-0.15, -0.1) is 0 Å². The average Bonchev–Trinajstić information content (AvgIpc) is 2.58. The van der Waals surface area contributed by atoms with E-state index in [2.05, 4.69) is 53.7 Å². The van der Waals surface area contributed by atoms with Crippen molar-refractivity contribution >= 4 is 6.29 Å². The van der Waals surface area contributed by atoms with Crippen LogP contribution in [-0.2, 0) is 6.61 Å². The summed E-state index contributed by atoms with van der Waals surface area (Å²) in [5, 5.41) is 0. The van der Waals surface area contributed by atoms with Crippen molar-refractivity contribution in [2.75, 3.05) is 0 Å². The van der Waals surface area contributed by atoms with E-state index in [1.807, 2.05) is 24.3 Å². The van der Waals surface area contributed by atoms with Crippen LogP contribution in [0.25, 0.3) is 0 Å². The fourth-order valence-electron chi connectivity index (χ4n) is 2.99. The fraction of sp³-hybridized carbons (Fsp3) is 0.435. The highest BCUT2D eigenvalue weighted by Gasteiger charge is 2.18. The molecule has 25 heavy (non-hydrogen) atoms. The number of ether oxygens (including phenoxy) is 1. The highest BCUT2D eigenvalue weighted by atomic mass is 16.5. The van der Waals surface area contributed by atoms with Crippen LogP contribution < -0.4 is 4.74 Å². The molecule has 0 bridgehead atoms. The molecule has 0 radical (unpaired) electrons. The Balaban J connectivity index is 2.46. The number of benzene rings is 2. The van der Waals surface area contributed by atoms with Gasteiger partial charge in [0.15, 0.2) is 0 Å². The van der Waals surface area contributed by atoms with Crippen LogP contribution in [0.4, 0.5) is 0 Å². The highest BCUT2D eigenvalue weighted by molar-refractivity contribution is 5.77. The molecule has 0 aliphatic rings. The third-order valence-corrected chi connectivity index (χ3v) is 4.63. The molecule has 0 spiro atoms. The molecule has 0 N–H and O–H groups in total. The van der Waals surface area contributed by atoms with E-state index in [1.165, 1.54) is 16.7 Å². The van der Waals surface area contributed by atoms with Gasteiger partial charge in [0, 0.05) is 5.56 Å². The van der Waals surface area contributed by atoms with E-state index in [1.54, 1.807) is 0 Å². The zero-order valence-electron chi connectivity index (χ0n) is 16.3. The Labute approximate surface area is 152 Å². The van der Waals surface area contributed by atoms with Crippen LogP contribution in [0.15, 0.2) is 36.4 Å². The minimum Gasteiger partial charge on any atom is -0.488 e. The molecule has 0 aliphatic carbocycles. The number of hydrogen-bond acceptors (Lipinski definition) is 2. The third-order valence-electron chi connectivity index (χ3n) is 4.63. The van der Waals surface area contributed by atoms with Crippen molar-refractivity contribution in [2.24, 2.45) is 0 Å². The van der Waals surface area contributed by atoms with Gasteiger partial charge in [-0.3, -0.25) is 4.79 Å². The molecule has 0 saturated heterocycles. The summed E-state index contributed by atoms with van der Waals surface area (Å²) in [4.78, 5) is 11.3. The Bertz CT molecular complexity index is 698. The summed E-state index contributed by atoms with van der Waals surface area (Å²) in [5.74, 6) is 2.23. The molecule has 2 aromatic carbocycles. The Morgan fingerprint density at radius 2 is 1.44 bits per heavy atom. The first-order valence-electron chi connectivity index (χ1n) is 9.18. The van der Waals surface area contributed by atoms with E-state index in [9.17, 15) is 4.79 Å². The molecule has 0 fully saturated rings. The number of carbonyl (C=O) groups is 1. The van der Waals surface area contributed by atoms with Gasteiger partial charge in [-0.2, -0.15) is 0 Å². The topological polar surface area (TPSA) is 26.3 Å². The maximum Gasteiger partial charge on any atom is 0.150 e. The van der Waals surface area contributed by atoms with Crippen LogP contribution in [0, 0.1) is 0 Å². The molecular formula is C23H30O2. The van der Waals surface area contributed by atoms with Crippen LogP contribution in [0.1, 0.15) is 91.9 Å². The van der Waals surface area contributed by atoms with Gasteiger partial charge in [-0.05, 0) is 40.0 Å². The van der Waals surface area contributed by atoms with Gasteiger partial charge in [-0.1, -0.05) is 77.9 Å². The SMILES string of the molecule is CC(C)c1cc(C(C)C)c(OCc2ccccc2C=O)c(C(C)C)c1. The van der Waals surface area contributed by atoms with Crippen LogP contribution >= 0.6 is 0 Å². The molecule has 0 heterocycles. The number of aldehydes is 1. The average molecular weight is 338 g/mol. The van der Waals surface area contributed by atoms with Crippen LogP contribution in [0.2, 0.25) is 0 Å². The zero-order valence-corrected chi connectivity index (χ0v) is 16.3. The summed E-state index contributed by atoms with van der Waals surface area (Å²) in [6, 6.07) is 12.2. The van der Waals surface area contributed by atoms with Gasteiger partial charge in [0.05, 0.1) is 0 Å². The summed E-state index contributed by atoms with van der Waals surface area (Å²) >= 11 is 0. The number of carbonyl (C=O) groups excluding carboxylic acids is 1. The lowest BCUT2D eigenvalue weighted by atomic mass is 9.88. The van der Waals surface area contributed by atoms with Gasteiger partial charge in [-0.25, -0.2) is 0 Å². The van der Waals surface area contributed by atoms with Gasteiger partial charge >= 0.3 is 0 Å². The van der Waals surface area contributed by atoms with Crippen LogP contribution in [0.3, 0.4) is 0 Å². The van der Waals surface area contributed by atoms with E-state index in [0.29, 0.717) is 29.9 Å². The van der Waals surface area contributed by atoms with E-state index in [0.717, 1.165) is 17.6 Å². The van der Waals surface area contributed by atoms with Crippen LogP contribution in [0.5, 0.6) is 5.75 Å². The number of rotatable bonds is 7. The van der Waals surface area contributed by atoms with Gasteiger partial charge in [0.1, 0.15) is 18.6 Å². The maximum absolute atomic E-state index is 11.3. The lowest BCUT2D eigenvalue weighted by Crippen LogP contribution is -2.07. The highest BCUT2D eigenvalue weighted by Crippen LogP contribution is 2.38. The van der Waals surface area contributed by atoms with Crippen LogP contribution in [-0.4, -0.2) is 6.29 Å². The van der Waals surface area contributed by atoms with E-state index in [-0.39, 0.29) is 0 Å². The first kappa shape index (κ1) is 19.2. The molecule has 2 nitrogen and oxygen atoms in total. The van der Waals surface area contributed by atoms with Gasteiger partial charge < -0.3 is 4.74 Å². The Morgan fingerprint density at radius 1 is 0.880 bits per heavy atom. The standard InChI is InChI=1S/C23H30O2/c1-15(2)20-11-21(16(3)4)23(22(12-20)17(5)6)25-14-19-10-8-7-9-18(19)13-24/h7-13,15-17H,14H2,1-6H3. The second-order valence-corrected chi connectivity index (χ2v) is 7.60. The van der Waals surface area contributed by atoms with E-state index >= 15 is 0 Å². The molecule has 0 aromatic heterocycles. The molecule has 134 valence electrons. The van der Waals surface area contributed by atoms with Crippen molar-refractivity contribution < 1.29 is 9.53 Å². The summed E-state index contributed by atoms with van der Waals surface area (Å²) in [7, 11) is 0. The summed E-state index contributed by atoms with van der Waals surface area (Å²) in [6.45, 7) is 13.7. The largest absolute Gasteiger partial charge is 0.488 e. The second kappa shape index (κ2) is 8.33. The monoisotopic (exact) mass is 338 g/mol. The van der Waals surface area contributed by atoms with Crippen molar-refractivity contribution in [2.45, 2.75) is 65.9 Å². The van der Waals surface area contributed by atoms with E-state index in [4.69, 9.17) is 4.74 Å². The Kier molecular flexibility index (Phi) is 6.41. The molecule has 2 heteroatoms. The molecule has 2 rings (SSSR count). The summed E-state index contributed by atoms with van der Waals surface area (Å²) in [6.07, 6.45) is 0.896. The predicted molar refractivity (Wildman–Crippen MR) is 105 cm³/mol. The zero-order chi connectivity index (χ0) is 18.6. The quantitative estimate of drug-likeness (QED) is 0.542. The minimum atomic E-state index is 0.382. The number of hydrogen-bond donors (Lipinski definition) is 0. The third kappa shape index (κ3) is 4.50. The van der Waals surface area contributed by atoms with E-state index < -0.39 is 0 Å². The Morgan fingerprint density at radius 3 is 1.92 bits per heavy atom. The molecule has 2 aromatic rings. The van der Waals surface area contributed by atoms with Crippen molar-refractivity contribution in [3.05, 3.63) is 64.2 Å². The van der Waals surface area contributed by atoms with Crippen molar-refractivity contribution in [1.82, 2.24) is 0 Å². The first-order chi connectivity index (χ1) is 11.8. The first-order valence-corrected chi connectivity index (χ1v) is 9.18. The molecule has 0 saturated carbocycles. The minimum absolute atomic E-state index is 0.382. The van der Waals surface area contributed by atoms with Gasteiger partial charge in [0.25, 0.3) is 0 Å². The molecule has 0 amide bonds. The lowest BCUT2D eigenvalue weighted by Gasteiger charge is -2.23. The van der Waals surface area contributed by atoms with Crippen molar-refractivity contribution in [1.29, 1.82) is 0 Å². The predicted octanol–water partition coefficient (Wildman–Crippen LogP) is 6.45. The fourth-order valence-corrected chi connectivity index (χ4v) is 2.99.